The highest BCUT2D eigenvalue weighted by Gasteiger charge is 2.36. The summed E-state index contributed by atoms with van der Waals surface area (Å²) in [6.07, 6.45) is 3.70. The Morgan fingerprint density at radius 3 is 2.96 bits per heavy atom. The van der Waals surface area contributed by atoms with Crippen molar-refractivity contribution in [3.05, 3.63) is 54.5 Å². The van der Waals surface area contributed by atoms with Gasteiger partial charge in [0, 0.05) is 36.4 Å². The van der Waals surface area contributed by atoms with Crippen LogP contribution in [0.5, 0.6) is 0 Å². The summed E-state index contributed by atoms with van der Waals surface area (Å²) in [5.41, 5.74) is 9.02. The fraction of sp³-hybridized carbons (Fsp3) is 0.300. The largest absolute Gasteiger partial charge is 0.363 e. The molecule has 3 N–H and O–H groups in total. The number of hydrogen-bond donors (Lipinski definition) is 3. The second kappa shape index (κ2) is 6.56. The molecule has 8 heteroatoms. The normalized spacial score (nSPS) is 20.6. The van der Waals surface area contributed by atoms with Crippen LogP contribution >= 0.6 is 0 Å². The quantitative estimate of drug-likeness (QED) is 0.638. The van der Waals surface area contributed by atoms with Gasteiger partial charge in [-0.1, -0.05) is 0 Å². The third kappa shape index (κ3) is 3.09. The summed E-state index contributed by atoms with van der Waals surface area (Å²) in [5, 5.41) is 5.24. The van der Waals surface area contributed by atoms with Gasteiger partial charge >= 0.3 is 0 Å². The summed E-state index contributed by atoms with van der Waals surface area (Å²) < 4.78 is 27.7. The number of pyridine rings is 2. The minimum atomic E-state index is -2.66. The number of halogens is 2. The van der Waals surface area contributed by atoms with E-state index in [0.29, 0.717) is 18.8 Å². The van der Waals surface area contributed by atoms with Crippen molar-refractivity contribution < 1.29 is 8.78 Å². The number of nitrogens with zero attached hydrogens (tertiary/aromatic N) is 3. The zero-order valence-electron chi connectivity index (χ0n) is 15.1. The number of nitrogens with one attached hydrogen (secondary N) is 3. The van der Waals surface area contributed by atoms with Gasteiger partial charge in [-0.15, -0.1) is 0 Å². The van der Waals surface area contributed by atoms with Crippen LogP contribution in [0.1, 0.15) is 24.7 Å². The Kier molecular flexibility index (Phi) is 4.01. The standard InChI is InChI=1S/C20H20F2N6/c21-20(22)7-2-10-28(12-20)19-15-5-4-14(11-13(15)6-9-24-19)25-18-17-16(26-27-18)3-1-8-23-17/h1,3-6,8-9,11,18,25-27H,2,7,10,12H2. The highest BCUT2D eigenvalue weighted by molar-refractivity contribution is 5.94. The van der Waals surface area contributed by atoms with E-state index in [1.54, 1.807) is 17.3 Å². The van der Waals surface area contributed by atoms with Crippen molar-refractivity contribution in [2.45, 2.75) is 24.9 Å². The van der Waals surface area contributed by atoms with E-state index >= 15 is 0 Å². The number of piperidine rings is 1. The number of alkyl halides is 2. The summed E-state index contributed by atoms with van der Waals surface area (Å²) in [6.45, 7) is 0.320. The molecule has 2 aliphatic rings. The van der Waals surface area contributed by atoms with E-state index in [2.05, 4.69) is 26.1 Å². The van der Waals surface area contributed by atoms with Crippen LogP contribution in [0.15, 0.2) is 48.8 Å². The van der Waals surface area contributed by atoms with E-state index in [1.165, 1.54) is 0 Å². The SMILES string of the molecule is FC1(F)CCCN(c2nccc3cc(NC4NNc5cccnc54)ccc23)C1. The third-order valence-corrected chi connectivity index (χ3v) is 5.21. The van der Waals surface area contributed by atoms with Crippen molar-refractivity contribution >= 4 is 28.0 Å². The summed E-state index contributed by atoms with van der Waals surface area (Å²) in [7, 11) is 0. The minimum Gasteiger partial charge on any atom is -0.363 e. The monoisotopic (exact) mass is 382 g/mol. The van der Waals surface area contributed by atoms with Gasteiger partial charge < -0.3 is 15.6 Å². The lowest BCUT2D eigenvalue weighted by Crippen LogP contribution is -2.43. The minimum absolute atomic E-state index is 0.0553. The van der Waals surface area contributed by atoms with Crippen LogP contribution < -0.4 is 21.1 Å². The molecule has 1 unspecified atom stereocenters. The first-order valence-corrected chi connectivity index (χ1v) is 9.34. The predicted molar refractivity (Wildman–Crippen MR) is 105 cm³/mol. The molecule has 1 atom stereocenters. The first-order valence-electron chi connectivity index (χ1n) is 9.34. The van der Waals surface area contributed by atoms with E-state index in [-0.39, 0.29) is 19.1 Å². The van der Waals surface area contributed by atoms with Gasteiger partial charge in [0.05, 0.1) is 12.2 Å². The summed E-state index contributed by atoms with van der Waals surface area (Å²) in [4.78, 5) is 10.5. The van der Waals surface area contributed by atoms with Gasteiger partial charge in [0.25, 0.3) is 5.92 Å². The van der Waals surface area contributed by atoms with Gasteiger partial charge in [0.2, 0.25) is 0 Å². The lowest BCUT2D eigenvalue weighted by Gasteiger charge is -2.33. The molecule has 5 rings (SSSR count). The molecular formula is C20H20F2N6. The number of hydrazine groups is 1. The van der Waals surface area contributed by atoms with Crippen molar-refractivity contribution in [3.8, 4) is 0 Å². The van der Waals surface area contributed by atoms with E-state index in [0.717, 1.165) is 27.8 Å². The molecule has 1 fully saturated rings. The molecule has 0 saturated carbocycles. The van der Waals surface area contributed by atoms with E-state index in [4.69, 9.17) is 0 Å². The highest BCUT2D eigenvalue weighted by atomic mass is 19.3. The Morgan fingerprint density at radius 1 is 1.14 bits per heavy atom. The fourth-order valence-corrected chi connectivity index (χ4v) is 3.89. The Hall–Kier alpha value is -3.00. The second-order valence-electron chi connectivity index (χ2n) is 7.23. The molecule has 0 amide bonds. The molecule has 3 aromatic rings. The molecule has 4 heterocycles. The van der Waals surface area contributed by atoms with Gasteiger partial charge in [-0.2, -0.15) is 0 Å². The van der Waals surface area contributed by atoms with Gasteiger partial charge in [0.1, 0.15) is 17.7 Å². The van der Waals surface area contributed by atoms with Crippen LogP contribution in [0, 0.1) is 0 Å². The van der Waals surface area contributed by atoms with Crippen LogP contribution in [0.3, 0.4) is 0 Å². The zero-order chi connectivity index (χ0) is 19.1. The topological polar surface area (TPSA) is 65.1 Å². The average molecular weight is 382 g/mol. The van der Waals surface area contributed by atoms with Crippen LogP contribution in [0.25, 0.3) is 10.8 Å². The third-order valence-electron chi connectivity index (χ3n) is 5.21. The molecule has 0 aliphatic carbocycles. The maximum atomic E-state index is 13.9. The van der Waals surface area contributed by atoms with E-state index in [9.17, 15) is 8.78 Å². The molecule has 2 aromatic heterocycles. The Bertz CT molecular complexity index is 1020. The zero-order valence-corrected chi connectivity index (χ0v) is 15.1. The summed E-state index contributed by atoms with van der Waals surface area (Å²) >= 11 is 0. The number of rotatable bonds is 3. The van der Waals surface area contributed by atoms with Gasteiger partial charge in [0.15, 0.2) is 0 Å². The molecular weight excluding hydrogens is 362 g/mol. The van der Waals surface area contributed by atoms with Crippen molar-refractivity contribution in [3.63, 3.8) is 0 Å². The molecule has 1 aromatic carbocycles. The smallest absolute Gasteiger partial charge is 0.265 e. The number of anilines is 3. The molecule has 0 radical (unpaired) electrons. The lowest BCUT2D eigenvalue weighted by molar-refractivity contribution is -0.0117. The van der Waals surface area contributed by atoms with Crippen LogP contribution in [-0.2, 0) is 0 Å². The van der Waals surface area contributed by atoms with Crippen LogP contribution in [-0.4, -0.2) is 29.0 Å². The molecule has 1 saturated heterocycles. The van der Waals surface area contributed by atoms with Crippen molar-refractivity contribution in [2.24, 2.45) is 0 Å². The van der Waals surface area contributed by atoms with Crippen molar-refractivity contribution in [1.82, 2.24) is 15.4 Å². The summed E-state index contributed by atoms with van der Waals surface area (Å²) in [5.74, 6) is -2.04. The van der Waals surface area contributed by atoms with Gasteiger partial charge in [-0.3, -0.25) is 4.98 Å². The first-order chi connectivity index (χ1) is 13.6. The van der Waals surface area contributed by atoms with E-state index in [1.807, 2.05) is 36.4 Å². The number of fused-ring (bicyclic) bond motifs is 2. The Morgan fingerprint density at radius 2 is 2.07 bits per heavy atom. The van der Waals surface area contributed by atoms with Crippen molar-refractivity contribution in [1.29, 1.82) is 0 Å². The maximum Gasteiger partial charge on any atom is 0.265 e. The molecule has 0 spiro atoms. The average Bonchev–Trinajstić information content (AvgIpc) is 3.09. The molecule has 144 valence electrons. The molecule has 0 bridgehead atoms. The number of aromatic nitrogens is 2. The first kappa shape index (κ1) is 17.1. The maximum absolute atomic E-state index is 13.9. The van der Waals surface area contributed by atoms with Crippen LogP contribution in [0.4, 0.5) is 26.0 Å². The molecule has 6 nitrogen and oxygen atoms in total. The summed E-state index contributed by atoms with van der Waals surface area (Å²) in [6, 6.07) is 11.6. The fourth-order valence-electron chi connectivity index (χ4n) is 3.89. The van der Waals surface area contributed by atoms with Crippen LogP contribution in [0.2, 0.25) is 0 Å². The van der Waals surface area contributed by atoms with Gasteiger partial charge in [-0.25, -0.2) is 19.2 Å². The highest BCUT2D eigenvalue weighted by Crippen LogP contribution is 2.34. The van der Waals surface area contributed by atoms with Gasteiger partial charge in [-0.05, 0) is 48.2 Å². The number of benzene rings is 1. The second-order valence-corrected chi connectivity index (χ2v) is 7.23. The van der Waals surface area contributed by atoms with E-state index < -0.39 is 5.92 Å². The lowest BCUT2D eigenvalue weighted by atomic mass is 10.1. The Balaban J connectivity index is 1.43. The van der Waals surface area contributed by atoms with Crippen molar-refractivity contribution in [2.75, 3.05) is 28.7 Å². The Labute approximate surface area is 160 Å². The molecule has 2 aliphatic heterocycles. The number of hydrogen-bond acceptors (Lipinski definition) is 6. The molecule has 28 heavy (non-hydrogen) atoms. The predicted octanol–water partition coefficient (Wildman–Crippen LogP) is 3.91.